The lowest BCUT2D eigenvalue weighted by atomic mass is 10.0. The highest BCUT2D eigenvalue weighted by Gasteiger charge is 2.45. The molecule has 1 saturated carbocycles. The van der Waals surface area contributed by atoms with E-state index >= 15 is 0 Å². The Kier molecular flexibility index (Phi) is 7.84. The highest BCUT2D eigenvalue weighted by Crippen LogP contribution is 2.45. The second kappa shape index (κ2) is 10.4. The predicted octanol–water partition coefficient (Wildman–Crippen LogP) is 5.11. The molecule has 0 atom stereocenters. The molecule has 1 aliphatic heterocycles. The molecule has 2 aliphatic rings. The van der Waals surface area contributed by atoms with Gasteiger partial charge in [0.1, 0.15) is 11.6 Å². The van der Waals surface area contributed by atoms with E-state index in [0.29, 0.717) is 4.90 Å². The van der Waals surface area contributed by atoms with Crippen LogP contribution >= 0.6 is 12.6 Å². The second-order valence-corrected chi connectivity index (χ2v) is 8.19. The number of carbonyl (C=O) groups is 1. The summed E-state index contributed by atoms with van der Waals surface area (Å²) >= 11 is 3.91. The van der Waals surface area contributed by atoms with Gasteiger partial charge in [0.05, 0.1) is 5.54 Å². The third-order valence-corrected chi connectivity index (χ3v) is 5.46. The molecule has 2 aromatic carbocycles. The molecule has 4 nitrogen and oxygen atoms in total. The number of alkyl halides is 3. The van der Waals surface area contributed by atoms with E-state index in [4.69, 9.17) is 0 Å². The first-order valence-corrected chi connectivity index (χ1v) is 10.6. The van der Waals surface area contributed by atoms with Crippen LogP contribution < -0.4 is 15.4 Å². The van der Waals surface area contributed by atoms with Gasteiger partial charge in [-0.15, -0.1) is 25.8 Å². The Morgan fingerprint density at radius 3 is 2.16 bits per heavy atom. The zero-order valence-electron chi connectivity index (χ0n) is 17.2. The molecular weight excluding hydrogens is 444 g/mol. The minimum absolute atomic E-state index is 0.0243. The number of carbonyl (C=O) groups excluding carboxylic acids is 1. The number of thiol groups is 1. The van der Waals surface area contributed by atoms with Crippen molar-refractivity contribution in [3.63, 3.8) is 0 Å². The highest BCUT2D eigenvalue weighted by molar-refractivity contribution is 7.80. The van der Waals surface area contributed by atoms with Crippen LogP contribution in [0.4, 0.5) is 17.6 Å². The van der Waals surface area contributed by atoms with Gasteiger partial charge in [-0.2, -0.15) is 0 Å². The van der Waals surface area contributed by atoms with Gasteiger partial charge in [0.2, 0.25) is 5.91 Å². The topological polar surface area (TPSA) is 50.4 Å². The molecule has 9 heteroatoms. The summed E-state index contributed by atoms with van der Waals surface area (Å²) in [6.45, 7) is 1.89. The summed E-state index contributed by atoms with van der Waals surface area (Å²) in [6.07, 6.45) is 0.848. The van der Waals surface area contributed by atoms with Gasteiger partial charge in [0.25, 0.3) is 0 Å². The van der Waals surface area contributed by atoms with Crippen molar-refractivity contribution in [2.24, 2.45) is 0 Å². The van der Waals surface area contributed by atoms with E-state index in [9.17, 15) is 22.4 Å². The second-order valence-electron chi connectivity index (χ2n) is 7.67. The van der Waals surface area contributed by atoms with Crippen molar-refractivity contribution in [2.45, 2.75) is 42.5 Å². The van der Waals surface area contributed by atoms with E-state index in [0.717, 1.165) is 44.3 Å². The minimum atomic E-state index is -4.63. The molecule has 2 aromatic rings. The van der Waals surface area contributed by atoms with Crippen LogP contribution in [0.15, 0.2) is 65.1 Å². The first-order valence-electron chi connectivity index (χ1n) is 10.2. The number of rotatable bonds is 4. The predicted molar refractivity (Wildman–Crippen MR) is 116 cm³/mol. The van der Waals surface area contributed by atoms with Crippen molar-refractivity contribution in [2.75, 3.05) is 13.1 Å². The van der Waals surface area contributed by atoms with Gasteiger partial charge in [-0.3, -0.25) is 4.79 Å². The van der Waals surface area contributed by atoms with E-state index in [1.807, 2.05) is 0 Å². The van der Waals surface area contributed by atoms with Crippen molar-refractivity contribution in [3.05, 3.63) is 71.6 Å². The standard InChI is InChI=1S/C16H19FN2O.C7H5F3OS/c17-14-3-1-13(2-4-14)16(7-8-16)19-15(20)11-12-5-9-18-10-6-12;8-7(9,10)11-5-1-3-6(12)4-2-5/h1-4,11,18H,5-10H2,(H,19,20);1-4,12H. The summed E-state index contributed by atoms with van der Waals surface area (Å²) in [4.78, 5) is 12.7. The number of benzene rings is 2. The van der Waals surface area contributed by atoms with Crippen molar-refractivity contribution in [1.82, 2.24) is 10.6 Å². The van der Waals surface area contributed by atoms with Crippen LogP contribution in [0.3, 0.4) is 0 Å². The fraction of sp³-hybridized carbons (Fsp3) is 0.348. The van der Waals surface area contributed by atoms with E-state index < -0.39 is 6.36 Å². The zero-order chi connectivity index (χ0) is 23.2. The van der Waals surface area contributed by atoms with Gasteiger partial charge in [0.15, 0.2) is 0 Å². The van der Waals surface area contributed by atoms with Gasteiger partial charge in [-0.25, -0.2) is 4.39 Å². The molecule has 2 fully saturated rings. The third-order valence-electron chi connectivity index (χ3n) is 5.16. The van der Waals surface area contributed by atoms with Crippen molar-refractivity contribution < 1.29 is 27.1 Å². The van der Waals surface area contributed by atoms with Crippen LogP contribution in [-0.2, 0) is 10.3 Å². The van der Waals surface area contributed by atoms with Gasteiger partial charge in [-0.1, -0.05) is 17.7 Å². The Bertz CT molecular complexity index is 932. The van der Waals surface area contributed by atoms with Crippen LogP contribution in [0.1, 0.15) is 31.2 Å². The number of hydrogen-bond donors (Lipinski definition) is 3. The Morgan fingerprint density at radius 1 is 1.03 bits per heavy atom. The van der Waals surface area contributed by atoms with Gasteiger partial charge in [0, 0.05) is 11.0 Å². The van der Waals surface area contributed by atoms with Gasteiger partial charge >= 0.3 is 6.36 Å². The molecule has 4 rings (SSSR count). The SMILES string of the molecule is FC(F)(F)Oc1ccc(S)cc1.O=C(C=C1CCNCC1)NC1(c2ccc(F)cc2)CC1. The highest BCUT2D eigenvalue weighted by atomic mass is 32.1. The quantitative estimate of drug-likeness (QED) is 0.332. The molecule has 0 bridgehead atoms. The number of piperidine rings is 1. The monoisotopic (exact) mass is 468 g/mol. The smallest absolute Gasteiger partial charge is 0.406 e. The van der Waals surface area contributed by atoms with Crippen molar-refractivity contribution in [1.29, 1.82) is 0 Å². The normalized spacial score (nSPS) is 17.0. The van der Waals surface area contributed by atoms with Crippen LogP contribution in [0.5, 0.6) is 5.75 Å². The lowest BCUT2D eigenvalue weighted by Gasteiger charge is -2.19. The Hall–Kier alpha value is -2.52. The summed E-state index contributed by atoms with van der Waals surface area (Å²) in [5.41, 5.74) is 1.93. The van der Waals surface area contributed by atoms with Gasteiger partial charge < -0.3 is 15.4 Å². The molecule has 1 amide bonds. The molecule has 2 N–H and O–H groups in total. The lowest BCUT2D eigenvalue weighted by molar-refractivity contribution is -0.274. The first kappa shape index (κ1) is 24.1. The van der Waals surface area contributed by atoms with Crippen LogP contribution in [0.25, 0.3) is 0 Å². The van der Waals surface area contributed by atoms with Crippen LogP contribution in [0.2, 0.25) is 0 Å². The first-order chi connectivity index (χ1) is 15.2. The van der Waals surface area contributed by atoms with Crippen LogP contribution in [-0.4, -0.2) is 25.4 Å². The Labute approximate surface area is 189 Å². The third kappa shape index (κ3) is 7.56. The molecule has 1 heterocycles. The summed E-state index contributed by atoms with van der Waals surface area (Å²) in [7, 11) is 0. The number of halogens is 4. The van der Waals surface area contributed by atoms with Crippen molar-refractivity contribution >= 4 is 18.5 Å². The zero-order valence-corrected chi connectivity index (χ0v) is 18.1. The Balaban J connectivity index is 0.000000207. The van der Waals surface area contributed by atoms with Crippen molar-refractivity contribution in [3.8, 4) is 5.75 Å². The molecule has 172 valence electrons. The number of nitrogens with one attached hydrogen (secondary N) is 2. The largest absolute Gasteiger partial charge is 0.573 e. The average Bonchev–Trinajstić information content (AvgIpc) is 3.51. The maximum absolute atomic E-state index is 13.0. The summed E-state index contributed by atoms with van der Waals surface area (Å²) in [6, 6.07) is 11.7. The van der Waals surface area contributed by atoms with E-state index in [1.165, 1.54) is 42.0 Å². The van der Waals surface area contributed by atoms with Crippen LogP contribution in [0, 0.1) is 5.82 Å². The molecule has 1 aliphatic carbocycles. The maximum atomic E-state index is 13.0. The Morgan fingerprint density at radius 2 is 1.62 bits per heavy atom. The lowest BCUT2D eigenvalue weighted by Crippen LogP contribution is -2.34. The van der Waals surface area contributed by atoms with E-state index in [2.05, 4.69) is 28.0 Å². The minimum Gasteiger partial charge on any atom is -0.406 e. The molecule has 0 unspecified atom stereocenters. The number of ether oxygens (including phenoxy) is 1. The molecule has 1 saturated heterocycles. The molecule has 0 spiro atoms. The molecule has 32 heavy (non-hydrogen) atoms. The molecule has 0 aromatic heterocycles. The molecule has 0 radical (unpaired) electrons. The van der Waals surface area contributed by atoms with E-state index in [-0.39, 0.29) is 23.0 Å². The fourth-order valence-corrected chi connectivity index (χ4v) is 3.53. The summed E-state index contributed by atoms with van der Waals surface area (Å²) in [5.74, 6) is -0.503. The average molecular weight is 469 g/mol. The fourth-order valence-electron chi connectivity index (χ4n) is 3.38. The van der Waals surface area contributed by atoms with Gasteiger partial charge in [-0.05, 0) is 80.7 Å². The summed E-state index contributed by atoms with van der Waals surface area (Å²) < 4.78 is 51.4. The van der Waals surface area contributed by atoms with E-state index in [1.54, 1.807) is 18.2 Å². The number of hydrogen-bond acceptors (Lipinski definition) is 4. The summed E-state index contributed by atoms with van der Waals surface area (Å²) in [5, 5.41) is 6.36. The number of amides is 1. The molecular formula is C23H24F4N2O2S. The maximum Gasteiger partial charge on any atom is 0.573 e.